The molecule has 4 fully saturated rings. The summed E-state index contributed by atoms with van der Waals surface area (Å²) in [7, 11) is 0. The van der Waals surface area contributed by atoms with Crippen LogP contribution in [0.15, 0.2) is 12.7 Å². The summed E-state index contributed by atoms with van der Waals surface area (Å²) in [4.78, 5) is 11.4. The van der Waals surface area contributed by atoms with Crippen LogP contribution in [0, 0.1) is 17.3 Å². The minimum absolute atomic E-state index is 0.0421. The van der Waals surface area contributed by atoms with Gasteiger partial charge < -0.3 is 4.74 Å². The minimum Gasteiger partial charge on any atom is -0.456 e. The largest absolute Gasteiger partial charge is 0.456 e. The molecule has 106 valence electrons. The maximum absolute atomic E-state index is 13.4. The highest BCUT2D eigenvalue weighted by atomic mass is 19.4. The summed E-state index contributed by atoms with van der Waals surface area (Å²) in [5.74, 6) is -0.514. The molecule has 0 N–H and O–H groups in total. The maximum Gasteiger partial charge on any atom is 0.394 e. The zero-order valence-electron chi connectivity index (χ0n) is 10.6. The van der Waals surface area contributed by atoms with Crippen LogP contribution < -0.4 is 0 Å². The van der Waals surface area contributed by atoms with Gasteiger partial charge in [0.05, 0.1) is 5.41 Å². The van der Waals surface area contributed by atoms with Crippen molar-refractivity contribution in [2.24, 2.45) is 17.3 Å². The van der Waals surface area contributed by atoms with Gasteiger partial charge in [-0.15, -0.1) is 0 Å². The van der Waals surface area contributed by atoms with Gasteiger partial charge in [0.15, 0.2) is 0 Å². The Morgan fingerprint density at radius 2 is 1.79 bits per heavy atom. The molecule has 0 aromatic heterocycles. The van der Waals surface area contributed by atoms with Crippen LogP contribution in [0.5, 0.6) is 0 Å². The van der Waals surface area contributed by atoms with Gasteiger partial charge in [-0.3, -0.25) is 0 Å². The Kier molecular flexibility index (Phi) is 2.58. The van der Waals surface area contributed by atoms with E-state index in [1.807, 2.05) is 0 Å². The molecule has 4 aliphatic carbocycles. The van der Waals surface area contributed by atoms with Crippen LogP contribution in [0.25, 0.3) is 0 Å². The van der Waals surface area contributed by atoms with Crippen LogP contribution in [0.2, 0.25) is 0 Å². The smallest absolute Gasteiger partial charge is 0.394 e. The van der Waals surface area contributed by atoms with E-state index in [9.17, 15) is 18.0 Å². The number of halogens is 3. The van der Waals surface area contributed by atoms with E-state index in [-0.39, 0.29) is 31.1 Å². The average Bonchev–Trinajstić information content (AvgIpc) is 2.24. The summed E-state index contributed by atoms with van der Waals surface area (Å²) in [6, 6.07) is 0. The van der Waals surface area contributed by atoms with Crippen molar-refractivity contribution < 1.29 is 22.7 Å². The van der Waals surface area contributed by atoms with E-state index in [0.717, 1.165) is 12.5 Å². The Morgan fingerprint density at radius 3 is 2.26 bits per heavy atom. The molecule has 4 aliphatic rings. The summed E-state index contributed by atoms with van der Waals surface area (Å²) in [5, 5.41) is 0. The van der Waals surface area contributed by atoms with Gasteiger partial charge in [0.1, 0.15) is 5.60 Å². The number of hydrogen-bond acceptors (Lipinski definition) is 2. The van der Waals surface area contributed by atoms with Crippen LogP contribution >= 0.6 is 0 Å². The van der Waals surface area contributed by atoms with Gasteiger partial charge in [-0.05, 0) is 43.9 Å². The summed E-state index contributed by atoms with van der Waals surface area (Å²) in [6.45, 7) is 3.33. The Labute approximate surface area is 110 Å². The molecule has 0 heterocycles. The van der Waals surface area contributed by atoms with E-state index < -0.39 is 23.2 Å². The van der Waals surface area contributed by atoms with Crippen molar-refractivity contribution in [1.82, 2.24) is 0 Å². The van der Waals surface area contributed by atoms with Crippen molar-refractivity contribution in [3.05, 3.63) is 12.7 Å². The predicted molar refractivity (Wildman–Crippen MR) is 62.2 cm³/mol. The fourth-order valence-electron chi connectivity index (χ4n) is 4.88. The fourth-order valence-corrected chi connectivity index (χ4v) is 4.88. The monoisotopic (exact) mass is 274 g/mol. The molecule has 4 rings (SSSR count). The normalized spacial score (nSPS) is 44.2. The Hall–Kier alpha value is -1.00. The Morgan fingerprint density at radius 1 is 1.21 bits per heavy atom. The first-order valence-corrected chi connectivity index (χ1v) is 6.70. The molecule has 0 aromatic rings. The molecule has 0 amide bonds. The first kappa shape index (κ1) is 13.0. The second kappa shape index (κ2) is 3.76. The van der Waals surface area contributed by atoms with E-state index in [0.29, 0.717) is 12.8 Å². The number of ether oxygens (including phenoxy) is 1. The van der Waals surface area contributed by atoms with Crippen molar-refractivity contribution in [2.75, 3.05) is 0 Å². The number of hydrogen-bond donors (Lipinski definition) is 0. The lowest BCUT2D eigenvalue weighted by Crippen LogP contribution is -2.61. The fraction of sp³-hybridized carbons (Fsp3) is 0.786. The van der Waals surface area contributed by atoms with Gasteiger partial charge in [-0.1, -0.05) is 6.58 Å². The molecule has 0 aromatic carbocycles. The average molecular weight is 274 g/mol. The highest BCUT2D eigenvalue weighted by Crippen LogP contribution is 2.67. The molecule has 0 radical (unpaired) electrons. The zero-order chi connectivity index (χ0) is 13.9. The van der Waals surface area contributed by atoms with Gasteiger partial charge in [0.2, 0.25) is 0 Å². The third-order valence-corrected chi connectivity index (χ3v) is 5.09. The lowest BCUT2D eigenvalue weighted by Gasteiger charge is -2.61. The van der Waals surface area contributed by atoms with E-state index >= 15 is 0 Å². The number of rotatable bonds is 2. The number of carbonyl (C=O) groups is 1. The molecule has 5 heteroatoms. The molecular weight excluding hydrogens is 257 g/mol. The van der Waals surface area contributed by atoms with Gasteiger partial charge in [-0.25, -0.2) is 4.79 Å². The van der Waals surface area contributed by atoms with Crippen LogP contribution in [0.1, 0.15) is 38.5 Å². The molecule has 2 unspecified atom stereocenters. The van der Waals surface area contributed by atoms with Crippen molar-refractivity contribution >= 4 is 5.97 Å². The van der Waals surface area contributed by atoms with E-state index in [1.54, 1.807) is 0 Å². The van der Waals surface area contributed by atoms with Crippen molar-refractivity contribution in [1.29, 1.82) is 0 Å². The van der Waals surface area contributed by atoms with Crippen molar-refractivity contribution in [2.45, 2.75) is 50.3 Å². The van der Waals surface area contributed by atoms with Crippen LogP contribution in [0.4, 0.5) is 13.2 Å². The number of esters is 1. The SMILES string of the molecule is C=CC(=O)OC12CC3CC(C1)CC(C(F)(F)F)(C3)C2. The minimum atomic E-state index is -4.20. The standard InChI is InChI=1S/C14H17F3O2/c1-2-11(18)19-13-6-9-3-10(7-13)5-12(4-9,8-13)14(15,16)17/h2,9-10H,1,3-8H2. The van der Waals surface area contributed by atoms with Gasteiger partial charge in [-0.2, -0.15) is 13.2 Å². The predicted octanol–water partition coefficient (Wildman–Crippen LogP) is 3.62. The summed E-state index contributed by atoms with van der Waals surface area (Å²) in [5.41, 5.74) is -2.52. The van der Waals surface area contributed by atoms with Crippen molar-refractivity contribution in [3.8, 4) is 0 Å². The maximum atomic E-state index is 13.4. The molecule has 4 saturated carbocycles. The lowest BCUT2D eigenvalue weighted by atomic mass is 9.47. The second-order valence-electron chi connectivity index (χ2n) is 6.55. The van der Waals surface area contributed by atoms with Crippen molar-refractivity contribution in [3.63, 3.8) is 0 Å². The van der Waals surface area contributed by atoms with E-state index in [4.69, 9.17) is 4.74 Å². The quantitative estimate of drug-likeness (QED) is 0.568. The molecule has 2 atom stereocenters. The summed E-state index contributed by atoms with van der Waals surface area (Å²) < 4.78 is 45.6. The van der Waals surface area contributed by atoms with Crippen LogP contribution in [-0.4, -0.2) is 17.7 Å². The van der Waals surface area contributed by atoms with Crippen LogP contribution in [0.3, 0.4) is 0 Å². The number of carbonyl (C=O) groups excluding carboxylic acids is 1. The number of alkyl halides is 3. The summed E-state index contributed by atoms with van der Waals surface area (Å²) >= 11 is 0. The highest BCUT2D eigenvalue weighted by molar-refractivity contribution is 5.81. The lowest BCUT2D eigenvalue weighted by molar-refractivity contribution is -0.299. The highest BCUT2D eigenvalue weighted by Gasteiger charge is 2.68. The van der Waals surface area contributed by atoms with E-state index in [2.05, 4.69) is 6.58 Å². The first-order valence-electron chi connectivity index (χ1n) is 6.70. The molecular formula is C14H17F3O2. The third kappa shape index (κ3) is 1.89. The molecule has 4 bridgehead atoms. The molecule has 0 aliphatic heterocycles. The molecule has 0 spiro atoms. The Balaban J connectivity index is 1.93. The van der Waals surface area contributed by atoms with Gasteiger partial charge in [0, 0.05) is 12.5 Å². The zero-order valence-corrected chi connectivity index (χ0v) is 10.6. The third-order valence-electron chi connectivity index (χ3n) is 5.09. The summed E-state index contributed by atoms with van der Waals surface area (Å²) in [6.07, 6.45) is -0.778. The van der Waals surface area contributed by atoms with Gasteiger partial charge in [0.25, 0.3) is 0 Å². The van der Waals surface area contributed by atoms with E-state index in [1.165, 1.54) is 0 Å². The molecule has 0 saturated heterocycles. The Bertz CT molecular complexity index is 413. The molecule has 19 heavy (non-hydrogen) atoms. The second-order valence-corrected chi connectivity index (χ2v) is 6.55. The first-order chi connectivity index (χ1) is 8.78. The topological polar surface area (TPSA) is 26.3 Å². The molecule has 2 nitrogen and oxygen atoms in total. The van der Waals surface area contributed by atoms with Crippen LogP contribution in [-0.2, 0) is 9.53 Å². The van der Waals surface area contributed by atoms with Gasteiger partial charge >= 0.3 is 12.1 Å².